The van der Waals surface area contributed by atoms with Gasteiger partial charge in [0.15, 0.2) is 17.5 Å². The van der Waals surface area contributed by atoms with Gasteiger partial charge in [-0.15, -0.1) is 0 Å². The SMILES string of the molecule is CN1c2oc3cc4ccccc4cc3c2C(c2nc(-c3ccccc3)nc(-c3ccccc3)n2)=CC1c1cccc2oc3ccccc3c12. The Labute approximate surface area is 281 Å². The second kappa shape index (κ2) is 10.8. The van der Waals surface area contributed by atoms with Crippen molar-refractivity contribution in [2.24, 2.45) is 0 Å². The van der Waals surface area contributed by atoms with Crippen molar-refractivity contribution >= 4 is 55.1 Å². The highest BCUT2D eigenvalue weighted by Gasteiger charge is 2.34. The fraction of sp³-hybridized carbons (Fsp3) is 0.0465. The second-order valence-electron chi connectivity index (χ2n) is 12.5. The van der Waals surface area contributed by atoms with Gasteiger partial charge in [-0.2, -0.15) is 0 Å². The van der Waals surface area contributed by atoms with Crippen LogP contribution >= 0.6 is 0 Å². The van der Waals surface area contributed by atoms with Crippen molar-refractivity contribution in [3.63, 3.8) is 0 Å². The predicted molar refractivity (Wildman–Crippen MR) is 196 cm³/mol. The van der Waals surface area contributed by atoms with Gasteiger partial charge in [-0.3, -0.25) is 0 Å². The summed E-state index contributed by atoms with van der Waals surface area (Å²) < 4.78 is 13.1. The molecule has 4 heterocycles. The van der Waals surface area contributed by atoms with Crippen LogP contribution in [0.3, 0.4) is 0 Å². The van der Waals surface area contributed by atoms with E-state index in [2.05, 4.69) is 78.7 Å². The maximum absolute atomic E-state index is 6.82. The van der Waals surface area contributed by atoms with Crippen LogP contribution in [0.4, 0.5) is 5.88 Å². The molecule has 9 aromatic rings. The third-order valence-electron chi connectivity index (χ3n) is 9.56. The maximum Gasteiger partial charge on any atom is 0.205 e. The fourth-order valence-electron chi connectivity index (χ4n) is 7.22. The van der Waals surface area contributed by atoms with E-state index < -0.39 is 0 Å². The summed E-state index contributed by atoms with van der Waals surface area (Å²) in [6.07, 6.45) is 2.28. The summed E-state index contributed by atoms with van der Waals surface area (Å²) in [5, 5.41) is 5.44. The Morgan fingerprint density at radius 2 is 1.14 bits per heavy atom. The molecule has 0 radical (unpaired) electrons. The van der Waals surface area contributed by atoms with E-state index in [1.807, 2.05) is 78.9 Å². The average Bonchev–Trinajstić information content (AvgIpc) is 3.73. The predicted octanol–water partition coefficient (Wildman–Crippen LogP) is 10.6. The summed E-state index contributed by atoms with van der Waals surface area (Å²) in [6.45, 7) is 0. The van der Waals surface area contributed by atoms with Gasteiger partial charge in [0, 0.05) is 39.9 Å². The molecule has 3 aromatic heterocycles. The van der Waals surface area contributed by atoms with Gasteiger partial charge >= 0.3 is 0 Å². The molecule has 0 saturated carbocycles. The van der Waals surface area contributed by atoms with Gasteiger partial charge in [0.1, 0.15) is 16.7 Å². The number of furan rings is 2. The first-order chi connectivity index (χ1) is 24.2. The largest absolute Gasteiger partial charge is 0.456 e. The van der Waals surface area contributed by atoms with Crippen molar-refractivity contribution in [2.45, 2.75) is 6.04 Å². The number of likely N-dealkylation sites (N-methyl/N-ethyl adjacent to an activating group) is 1. The Kier molecular flexibility index (Phi) is 6.05. The zero-order valence-electron chi connectivity index (χ0n) is 26.5. The molecule has 1 atom stereocenters. The highest BCUT2D eigenvalue weighted by Crippen LogP contribution is 2.49. The molecule has 232 valence electrons. The van der Waals surface area contributed by atoms with Crippen LogP contribution in [0.15, 0.2) is 154 Å². The lowest BCUT2D eigenvalue weighted by molar-refractivity contribution is 0.579. The maximum atomic E-state index is 6.82. The van der Waals surface area contributed by atoms with Crippen LogP contribution in [0, 0.1) is 0 Å². The smallest absolute Gasteiger partial charge is 0.205 e. The summed E-state index contributed by atoms with van der Waals surface area (Å²) in [7, 11) is 2.10. The standard InChI is InChI=1S/C43H28N4O2/c1-47-34(30-20-12-22-36-38(30)31-19-10-11-21-35(31)48-36)25-33(39-32-23-28-17-8-9-18-29(28)24-37(32)49-43(39)47)42-45-40(26-13-4-2-5-14-26)44-41(46-42)27-15-6-3-7-16-27/h2-25,34H,1H3. The molecule has 0 bridgehead atoms. The van der Waals surface area contributed by atoms with Gasteiger partial charge in [0.25, 0.3) is 0 Å². The Morgan fingerprint density at radius 1 is 0.531 bits per heavy atom. The van der Waals surface area contributed by atoms with Crippen molar-refractivity contribution in [2.75, 3.05) is 11.9 Å². The summed E-state index contributed by atoms with van der Waals surface area (Å²) >= 11 is 0. The van der Waals surface area contributed by atoms with E-state index in [0.29, 0.717) is 17.5 Å². The number of rotatable bonds is 4. The molecule has 0 spiro atoms. The zero-order chi connectivity index (χ0) is 32.5. The van der Waals surface area contributed by atoms with Crippen LogP contribution in [0.1, 0.15) is 23.0 Å². The van der Waals surface area contributed by atoms with Gasteiger partial charge in [-0.05, 0) is 46.7 Å². The number of hydrogen-bond donors (Lipinski definition) is 0. The fourth-order valence-corrected chi connectivity index (χ4v) is 7.22. The van der Waals surface area contributed by atoms with E-state index in [0.717, 1.165) is 77.4 Å². The summed E-state index contributed by atoms with van der Waals surface area (Å²) in [4.78, 5) is 17.6. The van der Waals surface area contributed by atoms with E-state index in [1.165, 1.54) is 0 Å². The Balaban J connectivity index is 1.28. The summed E-state index contributed by atoms with van der Waals surface area (Å²) in [5.41, 5.74) is 7.34. The van der Waals surface area contributed by atoms with Crippen LogP contribution in [0.5, 0.6) is 0 Å². The van der Waals surface area contributed by atoms with Crippen LogP contribution in [-0.2, 0) is 0 Å². The lowest BCUT2D eigenvalue weighted by atomic mass is 9.90. The molecular weight excluding hydrogens is 604 g/mol. The number of anilines is 1. The van der Waals surface area contributed by atoms with E-state index in [-0.39, 0.29) is 6.04 Å². The molecule has 0 fully saturated rings. The monoisotopic (exact) mass is 632 g/mol. The summed E-state index contributed by atoms with van der Waals surface area (Å²) in [6, 6.07) is 47.2. The summed E-state index contributed by atoms with van der Waals surface area (Å²) in [5.74, 6) is 2.58. The quantitative estimate of drug-likeness (QED) is 0.192. The first kappa shape index (κ1) is 27.6. The van der Waals surface area contributed by atoms with Crippen molar-refractivity contribution in [1.82, 2.24) is 15.0 Å². The van der Waals surface area contributed by atoms with Gasteiger partial charge in [0.2, 0.25) is 5.88 Å². The van der Waals surface area contributed by atoms with Crippen LogP contribution in [0.25, 0.3) is 72.0 Å². The molecule has 0 aliphatic carbocycles. The topological polar surface area (TPSA) is 68.2 Å². The number of para-hydroxylation sites is 1. The molecular formula is C43H28N4O2. The van der Waals surface area contributed by atoms with Gasteiger partial charge in [-0.1, -0.05) is 115 Å². The molecule has 0 N–H and O–H groups in total. The first-order valence-electron chi connectivity index (χ1n) is 16.4. The molecule has 0 saturated heterocycles. The normalized spacial score (nSPS) is 14.5. The third kappa shape index (κ3) is 4.38. The minimum absolute atomic E-state index is 0.209. The van der Waals surface area contributed by atoms with Crippen LogP contribution in [0.2, 0.25) is 0 Å². The first-order valence-corrected chi connectivity index (χ1v) is 16.4. The minimum Gasteiger partial charge on any atom is -0.456 e. The number of benzene rings is 6. The van der Waals surface area contributed by atoms with Crippen molar-refractivity contribution < 1.29 is 8.83 Å². The highest BCUT2D eigenvalue weighted by atomic mass is 16.4. The van der Waals surface area contributed by atoms with E-state index in [9.17, 15) is 0 Å². The van der Waals surface area contributed by atoms with E-state index in [1.54, 1.807) is 0 Å². The Bertz CT molecular complexity index is 2690. The van der Waals surface area contributed by atoms with Crippen LogP contribution in [-0.4, -0.2) is 22.0 Å². The average molecular weight is 633 g/mol. The van der Waals surface area contributed by atoms with Crippen molar-refractivity contribution in [3.05, 3.63) is 163 Å². The number of hydrogen-bond acceptors (Lipinski definition) is 6. The van der Waals surface area contributed by atoms with Crippen molar-refractivity contribution in [1.29, 1.82) is 0 Å². The van der Waals surface area contributed by atoms with Crippen molar-refractivity contribution in [3.8, 4) is 22.8 Å². The number of fused-ring (bicyclic) bond motifs is 7. The number of aromatic nitrogens is 3. The second-order valence-corrected chi connectivity index (χ2v) is 12.5. The van der Waals surface area contributed by atoms with Gasteiger partial charge < -0.3 is 13.7 Å². The molecule has 1 aliphatic rings. The molecule has 6 nitrogen and oxygen atoms in total. The molecule has 49 heavy (non-hydrogen) atoms. The minimum atomic E-state index is -0.209. The van der Waals surface area contributed by atoms with Crippen LogP contribution < -0.4 is 4.90 Å². The van der Waals surface area contributed by atoms with E-state index >= 15 is 0 Å². The number of nitrogens with zero attached hydrogens (tertiary/aromatic N) is 4. The third-order valence-corrected chi connectivity index (χ3v) is 9.56. The van der Waals surface area contributed by atoms with Gasteiger partial charge in [-0.25, -0.2) is 15.0 Å². The Morgan fingerprint density at radius 3 is 1.88 bits per heavy atom. The molecule has 1 aliphatic heterocycles. The lowest BCUT2D eigenvalue weighted by Gasteiger charge is -2.32. The molecule has 10 rings (SSSR count). The lowest BCUT2D eigenvalue weighted by Crippen LogP contribution is -2.26. The molecule has 0 amide bonds. The molecule has 6 heteroatoms. The molecule has 1 unspecified atom stereocenters. The van der Waals surface area contributed by atoms with Gasteiger partial charge in [0.05, 0.1) is 11.6 Å². The Hall–Kier alpha value is -6.53. The molecule has 6 aromatic carbocycles. The highest BCUT2D eigenvalue weighted by molar-refractivity contribution is 6.09. The zero-order valence-corrected chi connectivity index (χ0v) is 26.5. The van der Waals surface area contributed by atoms with E-state index in [4.69, 9.17) is 23.8 Å².